The molecule has 0 heterocycles. The van der Waals surface area contributed by atoms with Crippen LogP contribution < -0.4 is 0 Å². The molecule has 3 aromatic rings. The first-order valence-electron chi connectivity index (χ1n) is 14.6. The van der Waals surface area contributed by atoms with E-state index in [1.165, 1.54) is 16.7 Å². The quantitative estimate of drug-likeness (QED) is 0.299. The molecule has 3 heteroatoms. The summed E-state index contributed by atoms with van der Waals surface area (Å²) in [5, 5.41) is 32.6. The van der Waals surface area contributed by atoms with Crippen LogP contribution in [0.4, 0.5) is 0 Å². The molecule has 3 nitrogen and oxygen atoms in total. The maximum Gasteiger partial charge on any atom is 0.119 e. The zero-order chi connectivity index (χ0) is 30.5. The molecule has 40 heavy (non-hydrogen) atoms. The van der Waals surface area contributed by atoms with E-state index in [0.29, 0.717) is 17.2 Å². The Kier molecular flexibility index (Phi) is 8.53. The number of hydrogen-bond donors (Lipinski definition) is 3. The lowest BCUT2D eigenvalue weighted by atomic mass is 9.74. The summed E-state index contributed by atoms with van der Waals surface area (Å²) in [4.78, 5) is 0. The maximum absolute atomic E-state index is 10.9. The van der Waals surface area contributed by atoms with Crippen LogP contribution in [-0.4, -0.2) is 15.3 Å². The molecule has 3 rings (SSSR count). The minimum Gasteiger partial charge on any atom is -0.508 e. The van der Waals surface area contributed by atoms with Crippen molar-refractivity contribution in [2.75, 3.05) is 0 Å². The van der Waals surface area contributed by atoms with Crippen LogP contribution in [0.2, 0.25) is 0 Å². The Morgan fingerprint density at radius 1 is 0.500 bits per heavy atom. The predicted octanol–water partition coefficient (Wildman–Crippen LogP) is 9.95. The average molecular weight is 545 g/mol. The molecule has 0 aliphatic carbocycles. The second-order valence-corrected chi connectivity index (χ2v) is 15.1. The second kappa shape index (κ2) is 10.8. The van der Waals surface area contributed by atoms with Gasteiger partial charge in [-0.25, -0.2) is 0 Å². The van der Waals surface area contributed by atoms with Crippen molar-refractivity contribution in [3.05, 3.63) is 86.5 Å². The van der Waals surface area contributed by atoms with E-state index in [-0.39, 0.29) is 28.1 Å². The highest BCUT2D eigenvalue weighted by Crippen LogP contribution is 2.45. The Bertz CT molecular complexity index is 1320. The number of benzene rings is 3. The lowest BCUT2D eigenvalue weighted by Crippen LogP contribution is -2.17. The van der Waals surface area contributed by atoms with Crippen LogP contribution in [0, 0.1) is 20.8 Å². The van der Waals surface area contributed by atoms with Crippen molar-refractivity contribution in [2.45, 2.75) is 125 Å². The molecule has 3 aromatic carbocycles. The van der Waals surface area contributed by atoms with Crippen molar-refractivity contribution in [1.29, 1.82) is 0 Å². The topological polar surface area (TPSA) is 60.7 Å². The van der Waals surface area contributed by atoms with Gasteiger partial charge in [0.05, 0.1) is 0 Å². The van der Waals surface area contributed by atoms with E-state index < -0.39 is 0 Å². The van der Waals surface area contributed by atoms with Gasteiger partial charge in [0.15, 0.2) is 0 Å². The molecule has 218 valence electrons. The summed E-state index contributed by atoms with van der Waals surface area (Å²) in [6.07, 6.45) is 0.847. The van der Waals surface area contributed by atoms with Gasteiger partial charge in [0.1, 0.15) is 17.2 Å². The van der Waals surface area contributed by atoms with E-state index in [2.05, 4.69) is 108 Å². The van der Waals surface area contributed by atoms with Crippen molar-refractivity contribution in [1.82, 2.24) is 0 Å². The third kappa shape index (κ3) is 6.51. The van der Waals surface area contributed by atoms with Crippen LogP contribution >= 0.6 is 0 Å². The van der Waals surface area contributed by atoms with Crippen LogP contribution in [0.15, 0.2) is 36.4 Å². The third-order valence-electron chi connectivity index (χ3n) is 8.45. The van der Waals surface area contributed by atoms with Gasteiger partial charge in [0, 0.05) is 5.92 Å². The van der Waals surface area contributed by atoms with Crippen LogP contribution in [0.3, 0.4) is 0 Å². The lowest BCUT2D eigenvalue weighted by Gasteiger charge is -2.31. The summed E-state index contributed by atoms with van der Waals surface area (Å²) in [7, 11) is 0. The minimum atomic E-state index is -0.210. The molecule has 0 amide bonds. The van der Waals surface area contributed by atoms with Gasteiger partial charge >= 0.3 is 0 Å². The Balaban J connectivity index is 2.30. The summed E-state index contributed by atoms with van der Waals surface area (Å²) in [6.45, 7) is 27.7. The fraction of sp³-hybridized carbons (Fsp3) is 0.514. The van der Waals surface area contributed by atoms with Crippen molar-refractivity contribution >= 4 is 0 Å². The predicted molar refractivity (Wildman–Crippen MR) is 170 cm³/mol. The molecule has 3 N–H and O–H groups in total. The van der Waals surface area contributed by atoms with Crippen LogP contribution in [0.25, 0.3) is 0 Å². The molecule has 0 unspecified atom stereocenters. The van der Waals surface area contributed by atoms with E-state index >= 15 is 0 Å². The molecule has 0 fully saturated rings. The summed E-state index contributed by atoms with van der Waals surface area (Å²) >= 11 is 0. The van der Waals surface area contributed by atoms with Gasteiger partial charge in [0.25, 0.3) is 0 Å². The maximum atomic E-state index is 10.9. The lowest BCUT2D eigenvalue weighted by molar-refractivity contribution is 0.444. The highest BCUT2D eigenvalue weighted by atomic mass is 16.3. The molecular formula is C37H52O3. The van der Waals surface area contributed by atoms with Gasteiger partial charge in [-0.15, -0.1) is 0 Å². The Labute approximate surface area is 243 Å². The monoisotopic (exact) mass is 544 g/mol. The number of rotatable bonds is 5. The third-order valence-corrected chi connectivity index (χ3v) is 8.45. The highest BCUT2D eigenvalue weighted by Gasteiger charge is 2.29. The van der Waals surface area contributed by atoms with Gasteiger partial charge in [-0.1, -0.05) is 87.4 Å². The van der Waals surface area contributed by atoms with Gasteiger partial charge in [-0.2, -0.15) is 0 Å². The van der Waals surface area contributed by atoms with E-state index in [0.717, 1.165) is 39.8 Å². The summed E-state index contributed by atoms with van der Waals surface area (Å²) in [6, 6.07) is 12.3. The summed E-state index contributed by atoms with van der Waals surface area (Å²) in [5.41, 5.74) is 9.11. The summed E-state index contributed by atoms with van der Waals surface area (Å²) < 4.78 is 0. The zero-order valence-corrected chi connectivity index (χ0v) is 27.2. The molecule has 0 saturated heterocycles. The first-order valence-corrected chi connectivity index (χ1v) is 14.6. The Morgan fingerprint density at radius 2 is 0.775 bits per heavy atom. The first kappa shape index (κ1) is 31.6. The standard InChI is InChI=1S/C37H52O3/c1-21(25-18-29(35(5,6)7)32(38)15-22(25)2)14-28(26-19-30(36(8,9)10)33(39)16-23(26)3)27-20-31(37(11,12)13)34(40)17-24(27)4/h15-21,28,38-40H,14H2,1-13H3/t21-/m1/s1. The number of hydrogen-bond acceptors (Lipinski definition) is 3. The van der Waals surface area contributed by atoms with Gasteiger partial charge in [-0.3, -0.25) is 0 Å². The SMILES string of the molecule is Cc1cc(O)c(C(C)(C)C)cc1C(C[C@@H](C)c1cc(C(C)(C)C)c(O)cc1C)c1cc(C(C)(C)C)c(O)cc1C. The average Bonchev–Trinajstić information content (AvgIpc) is 2.75. The van der Waals surface area contributed by atoms with Crippen molar-refractivity contribution in [3.63, 3.8) is 0 Å². The Hall–Kier alpha value is -2.94. The fourth-order valence-corrected chi connectivity index (χ4v) is 6.11. The fourth-order valence-electron chi connectivity index (χ4n) is 6.11. The largest absolute Gasteiger partial charge is 0.508 e. The molecule has 0 aliphatic heterocycles. The molecule has 0 bridgehead atoms. The molecule has 0 spiro atoms. The van der Waals surface area contributed by atoms with Gasteiger partial charge in [-0.05, 0) is 118 Å². The first-order chi connectivity index (χ1) is 18.1. The van der Waals surface area contributed by atoms with Crippen molar-refractivity contribution < 1.29 is 15.3 Å². The van der Waals surface area contributed by atoms with E-state index in [1.54, 1.807) is 0 Å². The smallest absolute Gasteiger partial charge is 0.119 e. The van der Waals surface area contributed by atoms with Crippen LogP contribution in [0.1, 0.15) is 138 Å². The molecule has 0 aliphatic rings. The Morgan fingerprint density at radius 3 is 1.07 bits per heavy atom. The van der Waals surface area contributed by atoms with Gasteiger partial charge < -0.3 is 15.3 Å². The molecule has 1 atom stereocenters. The highest BCUT2D eigenvalue weighted by molar-refractivity contribution is 5.53. The molecule has 0 aromatic heterocycles. The number of aryl methyl sites for hydroxylation is 3. The normalized spacial score (nSPS) is 13.7. The van der Waals surface area contributed by atoms with E-state index in [9.17, 15) is 15.3 Å². The molecular weight excluding hydrogens is 492 g/mol. The number of phenols is 3. The molecule has 0 saturated carbocycles. The zero-order valence-electron chi connectivity index (χ0n) is 27.2. The van der Waals surface area contributed by atoms with E-state index in [4.69, 9.17) is 0 Å². The summed E-state index contributed by atoms with van der Waals surface area (Å²) in [5.74, 6) is 1.27. The van der Waals surface area contributed by atoms with Crippen LogP contribution in [-0.2, 0) is 16.2 Å². The minimum absolute atomic E-state index is 0.0460. The number of aromatic hydroxyl groups is 3. The van der Waals surface area contributed by atoms with Crippen molar-refractivity contribution in [3.8, 4) is 17.2 Å². The van der Waals surface area contributed by atoms with Crippen LogP contribution in [0.5, 0.6) is 17.2 Å². The van der Waals surface area contributed by atoms with Crippen molar-refractivity contribution in [2.24, 2.45) is 0 Å². The molecule has 0 radical (unpaired) electrons. The number of phenolic OH excluding ortho intramolecular Hbond substituents is 3. The second-order valence-electron chi connectivity index (χ2n) is 15.1. The van der Waals surface area contributed by atoms with Gasteiger partial charge in [0.2, 0.25) is 0 Å². The van der Waals surface area contributed by atoms with E-state index in [1.807, 2.05) is 18.2 Å².